The van der Waals surface area contributed by atoms with Gasteiger partial charge in [0.25, 0.3) is 5.91 Å². The third-order valence-corrected chi connectivity index (χ3v) is 3.90. The van der Waals surface area contributed by atoms with Crippen molar-refractivity contribution in [3.05, 3.63) is 29.8 Å². The molecule has 1 saturated heterocycles. The molecule has 0 bridgehead atoms. The molecular weight excluding hydrogens is 326 g/mol. The van der Waals surface area contributed by atoms with Gasteiger partial charge in [-0.3, -0.25) is 14.5 Å². The molecule has 2 rings (SSSR count). The van der Waals surface area contributed by atoms with Crippen molar-refractivity contribution in [3.63, 3.8) is 0 Å². The number of urea groups is 1. The number of rotatable bonds is 9. The molecule has 25 heavy (non-hydrogen) atoms. The molecule has 0 unspecified atom stereocenters. The molecule has 0 saturated carbocycles. The SMILES string of the molecule is COCCNC(=O)CC[C@H]1NC(=O)N(Cc2ccc(OC)cc2)C1=O. The van der Waals surface area contributed by atoms with Crippen LogP contribution in [0.3, 0.4) is 0 Å². The number of carbonyl (C=O) groups excluding carboxylic acids is 3. The minimum Gasteiger partial charge on any atom is -0.497 e. The van der Waals surface area contributed by atoms with Crippen molar-refractivity contribution in [2.75, 3.05) is 27.4 Å². The zero-order chi connectivity index (χ0) is 18.2. The van der Waals surface area contributed by atoms with Crippen LogP contribution in [-0.4, -0.2) is 56.2 Å². The number of benzene rings is 1. The molecule has 1 atom stereocenters. The highest BCUT2D eigenvalue weighted by Gasteiger charge is 2.37. The van der Waals surface area contributed by atoms with Crippen molar-refractivity contribution < 1.29 is 23.9 Å². The fourth-order valence-corrected chi connectivity index (χ4v) is 2.49. The third-order valence-electron chi connectivity index (χ3n) is 3.90. The summed E-state index contributed by atoms with van der Waals surface area (Å²) in [6.07, 6.45) is 0.430. The molecule has 1 aromatic carbocycles. The summed E-state index contributed by atoms with van der Waals surface area (Å²) >= 11 is 0. The summed E-state index contributed by atoms with van der Waals surface area (Å²) in [6.45, 7) is 1.04. The van der Waals surface area contributed by atoms with Crippen molar-refractivity contribution in [2.24, 2.45) is 0 Å². The van der Waals surface area contributed by atoms with Gasteiger partial charge in [0.15, 0.2) is 0 Å². The minimum absolute atomic E-state index is 0.163. The average Bonchev–Trinajstić information content (AvgIpc) is 2.88. The van der Waals surface area contributed by atoms with Gasteiger partial charge < -0.3 is 20.1 Å². The summed E-state index contributed by atoms with van der Waals surface area (Å²) in [4.78, 5) is 37.3. The first-order chi connectivity index (χ1) is 12.0. The Labute approximate surface area is 146 Å². The van der Waals surface area contributed by atoms with Crippen LogP contribution < -0.4 is 15.4 Å². The van der Waals surface area contributed by atoms with E-state index in [4.69, 9.17) is 9.47 Å². The summed E-state index contributed by atoms with van der Waals surface area (Å²) in [7, 11) is 3.12. The maximum absolute atomic E-state index is 12.4. The van der Waals surface area contributed by atoms with Crippen LogP contribution in [0.1, 0.15) is 18.4 Å². The van der Waals surface area contributed by atoms with Crippen LogP contribution in [0, 0.1) is 0 Å². The summed E-state index contributed by atoms with van der Waals surface area (Å²) in [5.41, 5.74) is 0.822. The van der Waals surface area contributed by atoms with Gasteiger partial charge in [0.05, 0.1) is 20.3 Å². The largest absolute Gasteiger partial charge is 0.497 e. The van der Waals surface area contributed by atoms with E-state index in [1.165, 1.54) is 0 Å². The monoisotopic (exact) mass is 349 g/mol. The van der Waals surface area contributed by atoms with Crippen molar-refractivity contribution in [2.45, 2.75) is 25.4 Å². The molecule has 0 aromatic heterocycles. The van der Waals surface area contributed by atoms with Crippen molar-refractivity contribution in [3.8, 4) is 5.75 Å². The number of imide groups is 1. The van der Waals surface area contributed by atoms with E-state index < -0.39 is 12.1 Å². The molecule has 0 spiro atoms. The lowest BCUT2D eigenvalue weighted by atomic mass is 10.1. The van der Waals surface area contributed by atoms with E-state index in [9.17, 15) is 14.4 Å². The maximum Gasteiger partial charge on any atom is 0.325 e. The van der Waals surface area contributed by atoms with Crippen LogP contribution in [0.2, 0.25) is 0 Å². The number of nitrogens with one attached hydrogen (secondary N) is 2. The lowest BCUT2D eigenvalue weighted by Gasteiger charge is -2.13. The van der Waals surface area contributed by atoms with E-state index in [0.717, 1.165) is 10.5 Å². The van der Waals surface area contributed by atoms with Gasteiger partial charge in [0.2, 0.25) is 5.91 Å². The number of hydrogen-bond acceptors (Lipinski definition) is 5. The predicted molar refractivity (Wildman–Crippen MR) is 90.0 cm³/mol. The van der Waals surface area contributed by atoms with Crippen LogP contribution >= 0.6 is 0 Å². The van der Waals surface area contributed by atoms with Gasteiger partial charge >= 0.3 is 6.03 Å². The van der Waals surface area contributed by atoms with Gasteiger partial charge in [0.1, 0.15) is 11.8 Å². The van der Waals surface area contributed by atoms with Crippen LogP contribution in [-0.2, 0) is 20.9 Å². The molecule has 4 amide bonds. The normalized spacial score (nSPS) is 16.7. The average molecular weight is 349 g/mol. The smallest absolute Gasteiger partial charge is 0.325 e. The Morgan fingerprint density at radius 3 is 2.60 bits per heavy atom. The fraction of sp³-hybridized carbons (Fsp3) is 0.471. The Bertz CT molecular complexity index is 617. The fourth-order valence-electron chi connectivity index (χ4n) is 2.49. The summed E-state index contributed by atoms with van der Waals surface area (Å²) in [6, 6.07) is 6.04. The van der Waals surface area contributed by atoms with Gasteiger partial charge in [-0.2, -0.15) is 0 Å². The van der Waals surface area contributed by atoms with Gasteiger partial charge in [-0.25, -0.2) is 4.79 Å². The molecule has 8 nitrogen and oxygen atoms in total. The first kappa shape index (κ1) is 18.7. The molecule has 0 radical (unpaired) electrons. The first-order valence-electron chi connectivity index (χ1n) is 8.05. The molecule has 0 aliphatic carbocycles. The van der Waals surface area contributed by atoms with Gasteiger partial charge in [-0.15, -0.1) is 0 Å². The van der Waals surface area contributed by atoms with E-state index in [2.05, 4.69) is 10.6 Å². The molecule has 136 valence electrons. The van der Waals surface area contributed by atoms with Crippen LogP contribution in [0.5, 0.6) is 5.75 Å². The van der Waals surface area contributed by atoms with Gasteiger partial charge in [-0.05, 0) is 24.1 Å². The standard InChI is InChI=1S/C17H23N3O5/c1-24-10-9-18-15(21)8-7-14-16(22)20(17(23)19-14)11-12-3-5-13(25-2)6-4-12/h3-6,14H,7-11H2,1-2H3,(H,18,21)(H,19,23)/t14-/m1/s1. The number of ether oxygens (including phenoxy) is 2. The zero-order valence-corrected chi connectivity index (χ0v) is 14.4. The molecule has 2 N–H and O–H groups in total. The highest BCUT2D eigenvalue weighted by atomic mass is 16.5. The van der Waals surface area contributed by atoms with E-state index in [1.807, 2.05) is 0 Å². The van der Waals surface area contributed by atoms with E-state index in [1.54, 1.807) is 38.5 Å². The van der Waals surface area contributed by atoms with Gasteiger partial charge in [0, 0.05) is 20.1 Å². The Kier molecular flexibility index (Phi) is 6.76. The van der Waals surface area contributed by atoms with Crippen LogP contribution in [0.15, 0.2) is 24.3 Å². The molecular formula is C17H23N3O5. The topological polar surface area (TPSA) is 97.0 Å². The summed E-state index contributed by atoms with van der Waals surface area (Å²) < 4.78 is 9.93. The number of amides is 4. The second-order valence-electron chi connectivity index (χ2n) is 5.66. The minimum atomic E-state index is -0.668. The number of nitrogens with zero attached hydrogens (tertiary/aromatic N) is 1. The second-order valence-corrected chi connectivity index (χ2v) is 5.66. The highest BCUT2D eigenvalue weighted by Crippen LogP contribution is 2.17. The molecule has 1 aliphatic rings. The molecule has 1 heterocycles. The number of hydrogen-bond donors (Lipinski definition) is 2. The predicted octanol–water partition coefficient (Wildman–Crippen LogP) is 0.658. The van der Waals surface area contributed by atoms with Crippen molar-refractivity contribution in [1.82, 2.24) is 15.5 Å². The quantitative estimate of drug-likeness (QED) is 0.504. The van der Waals surface area contributed by atoms with Crippen molar-refractivity contribution in [1.29, 1.82) is 0 Å². The lowest BCUT2D eigenvalue weighted by Crippen LogP contribution is -2.33. The summed E-state index contributed by atoms with van der Waals surface area (Å²) in [5, 5.41) is 5.31. The third kappa shape index (κ3) is 5.18. The molecule has 1 fully saturated rings. The second kappa shape index (κ2) is 9.03. The Morgan fingerprint density at radius 2 is 1.96 bits per heavy atom. The van der Waals surface area contributed by atoms with Crippen LogP contribution in [0.25, 0.3) is 0 Å². The lowest BCUT2D eigenvalue weighted by molar-refractivity contribution is -0.128. The highest BCUT2D eigenvalue weighted by molar-refractivity contribution is 6.04. The Morgan fingerprint density at radius 1 is 1.24 bits per heavy atom. The van der Waals surface area contributed by atoms with E-state index >= 15 is 0 Å². The number of methoxy groups -OCH3 is 2. The van der Waals surface area contributed by atoms with Crippen LogP contribution in [0.4, 0.5) is 4.79 Å². The Hall–Kier alpha value is -2.61. The maximum atomic E-state index is 12.4. The Balaban J connectivity index is 1.85. The molecule has 1 aromatic rings. The van der Waals surface area contributed by atoms with Crippen molar-refractivity contribution >= 4 is 17.8 Å². The molecule has 1 aliphatic heterocycles. The van der Waals surface area contributed by atoms with E-state index in [-0.39, 0.29) is 31.2 Å². The van der Waals surface area contributed by atoms with E-state index in [0.29, 0.717) is 18.9 Å². The molecule has 8 heteroatoms. The summed E-state index contributed by atoms with van der Waals surface area (Å²) in [5.74, 6) is 0.219. The first-order valence-corrected chi connectivity index (χ1v) is 8.05. The zero-order valence-electron chi connectivity index (χ0n) is 14.4. The van der Waals surface area contributed by atoms with Gasteiger partial charge in [-0.1, -0.05) is 12.1 Å². The number of carbonyl (C=O) groups is 3.